The van der Waals surface area contributed by atoms with Gasteiger partial charge in [0, 0.05) is 16.9 Å². The molecule has 1 heterocycles. The van der Waals surface area contributed by atoms with Gasteiger partial charge in [-0.2, -0.15) is 0 Å². The molecule has 0 spiro atoms. The lowest BCUT2D eigenvalue weighted by Crippen LogP contribution is -2.29. The molecule has 3 N–H and O–H groups in total. The number of hydrogen-bond acceptors (Lipinski definition) is 4. The lowest BCUT2D eigenvalue weighted by atomic mass is 9.95. The molecule has 0 radical (unpaired) electrons. The van der Waals surface area contributed by atoms with Crippen LogP contribution in [-0.4, -0.2) is 17.4 Å². The fourth-order valence-corrected chi connectivity index (χ4v) is 3.70. The van der Waals surface area contributed by atoms with Crippen molar-refractivity contribution in [1.82, 2.24) is 4.98 Å². The third-order valence-electron chi connectivity index (χ3n) is 4.15. The van der Waals surface area contributed by atoms with Crippen molar-refractivity contribution in [3.05, 3.63) is 35.5 Å². The Kier molecular flexibility index (Phi) is 6.10. The Balaban J connectivity index is 0.00000192. The first-order valence-electron chi connectivity index (χ1n) is 7.40. The lowest BCUT2D eigenvalue weighted by Gasteiger charge is -2.16. The summed E-state index contributed by atoms with van der Waals surface area (Å²) in [5.74, 6) is -0.0601. The minimum Gasteiger partial charge on any atom is -0.330 e. The first kappa shape index (κ1) is 17.8. The van der Waals surface area contributed by atoms with Gasteiger partial charge in [0.15, 0.2) is 5.13 Å². The number of benzene rings is 1. The summed E-state index contributed by atoms with van der Waals surface area (Å²) in [6, 6.07) is 6.27. The van der Waals surface area contributed by atoms with Crippen molar-refractivity contribution in [3.8, 4) is 11.3 Å². The Morgan fingerprint density at radius 2 is 2.26 bits per heavy atom. The second-order valence-electron chi connectivity index (χ2n) is 5.57. The maximum Gasteiger partial charge on any atom is 0.229 e. The number of nitrogens with two attached hydrogens (primary N) is 1. The molecular formula is C16H19ClFN3OS. The number of thiazole rings is 1. The average Bonchev–Trinajstić information content (AvgIpc) is 3.15. The van der Waals surface area contributed by atoms with E-state index in [2.05, 4.69) is 10.3 Å². The summed E-state index contributed by atoms with van der Waals surface area (Å²) in [5.41, 5.74) is 7.10. The zero-order valence-corrected chi connectivity index (χ0v) is 14.1. The molecule has 1 aromatic heterocycles. The maximum atomic E-state index is 13.3. The molecule has 1 aliphatic carbocycles. The van der Waals surface area contributed by atoms with Gasteiger partial charge in [0.1, 0.15) is 5.82 Å². The Hall–Kier alpha value is -1.50. The van der Waals surface area contributed by atoms with Crippen LogP contribution in [0.2, 0.25) is 0 Å². The molecule has 1 saturated carbocycles. The Bertz CT molecular complexity index is 679. The fraction of sp³-hybridized carbons (Fsp3) is 0.375. The van der Waals surface area contributed by atoms with Gasteiger partial charge in [0.25, 0.3) is 0 Å². The van der Waals surface area contributed by atoms with Crippen molar-refractivity contribution in [1.29, 1.82) is 0 Å². The molecule has 0 saturated heterocycles. The molecule has 0 bridgehead atoms. The number of nitrogens with one attached hydrogen (secondary N) is 1. The van der Waals surface area contributed by atoms with E-state index < -0.39 is 0 Å². The summed E-state index contributed by atoms with van der Waals surface area (Å²) in [5, 5.41) is 5.24. The quantitative estimate of drug-likeness (QED) is 0.879. The van der Waals surface area contributed by atoms with Crippen molar-refractivity contribution < 1.29 is 9.18 Å². The highest BCUT2D eigenvalue weighted by atomic mass is 35.5. The molecule has 124 valence electrons. The third kappa shape index (κ3) is 4.07. The van der Waals surface area contributed by atoms with Gasteiger partial charge in [-0.05, 0) is 37.4 Å². The maximum absolute atomic E-state index is 13.3. The van der Waals surface area contributed by atoms with Crippen molar-refractivity contribution in [2.75, 3.05) is 11.9 Å². The van der Waals surface area contributed by atoms with Crippen LogP contribution in [0.5, 0.6) is 0 Å². The average molecular weight is 356 g/mol. The number of nitrogens with zero attached hydrogens (tertiary/aromatic N) is 1. The third-order valence-corrected chi connectivity index (χ3v) is 4.91. The summed E-state index contributed by atoms with van der Waals surface area (Å²) in [6.45, 7) is 0.546. The van der Waals surface area contributed by atoms with Crippen LogP contribution >= 0.6 is 23.7 Å². The first-order chi connectivity index (χ1) is 10.7. The molecule has 1 amide bonds. The number of halogens is 2. The predicted octanol–water partition coefficient (Wildman–Crippen LogP) is 3.68. The van der Waals surface area contributed by atoms with E-state index in [1.54, 1.807) is 12.1 Å². The van der Waals surface area contributed by atoms with Crippen molar-refractivity contribution in [3.63, 3.8) is 0 Å². The standard InChI is InChI=1S/C16H18FN3OS.ClH/c17-12-5-1-3-10(7-12)14-9-22-16(19-14)20-15(21)13-6-2-4-11(13)8-18;/h1,3,5,7,9,11,13H,2,4,6,8,18H2,(H,19,20,21);1H/t11-,13-;/m1./s1. The highest BCUT2D eigenvalue weighted by molar-refractivity contribution is 7.14. The number of amides is 1. The normalized spacial score (nSPS) is 20.1. The minimum atomic E-state index is -0.298. The molecule has 1 fully saturated rings. The predicted molar refractivity (Wildman–Crippen MR) is 93.3 cm³/mol. The van der Waals surface area contributed by atoms with E-state index in [9.17, 15) is 9.18 Å². The highest BCUT2D eigenvalue weighted by Gasteiger charge is 2.32. The van der Waals surface area contributed by atoms with E-state index in [1.807, 2.05) is 5.38 Å². The van der Waals surface area contributed by atoms with Crippen molar-refractivity contribution in [2.24, 2.45) is 17.6 Å². The Labute approximate surface area is 144 Å². The Morgan fingerprint density at radius 1 is 1.43 bits per heavy atom. The van der Waals surface area contributed by atoms with Crippen LogP contribution in [0.25, 0.3) is 11.3 Å². The zero-order valence-electron chi connectivity index (χ0n) is 12.5. The van der Waals surface area contributed by atoms with Gasteiger partial charge < -0.3 is 11.1 Å². The van der Waals surface area contributed by atoms with Gasteiger partial charge in [0.2, 0.25) is 5.91 Å². The van der Waals surface area contributed by atoms with E-state index >= 15 is 0 Å². The van der Waals surface area contributed by atoms with Gasteiger partial charge >= 0.3 is 0 Å². The van der Waals surface area contributed by atoms with Gasteiger partial charge in [-0.15, -0.1) is 23.7 Å². The van der Waals surface area contributed by atoms with Crippen LogP contribution in [0.4, 0.5) is 9.52 Å². The van der Waals surface area contributed by atoms with Crippen LogP contribution in [0, 0.1) is 17.7 Å². The van der Waals surface area contributed by atoms with E-state index in [0.717, 1.165) is 19.3 Å². The molecular weight excluding hydrogens is 337 g/mol. The summed E-state index contributed by atoms with van der Waals surface area (Å²) < 4.78 is 13.3. The number of aromatic nitrogens is 1. The van der Waals surface area contributed by atoms with Crippen molar-refractivity contribution in [2.45, 2.75) is 19.3 Å². The van der Waals surface area contributed by atoms with Gasteiger partial charge in [-0.1, -0.05) is 18.6 Å². The summed E-state index contributed by atoms with van der Waals surface area (Å²) in [6.07, 6.45) is 2.95. The van der Waals surface area contributed by atoms with Gasteiger partial charge in [-0.25, -0.2) is 9.37 Å². The van der Waals surface area contributed by atoms with Crippen LogP contribution in [0.3, 0.4) is 0 Å². The fourth-order valence-electron chi connectivity index (χ4n) is 2.97. The number of hydrogen-bond donors (Lipinski definition) is 2. The SMILES string of the molecule is Cl.NC[C@H]1CCC[C@H]1C(=O)Nc1nc(-c2cccc(F)c2)cs1. The topological polar surface area (TPSA) is 68.0 Å². The van der Waals surface area contributed by atoms with E-state index in [0.29, 0.717) is 22.9 Å². The van der Waals surface area contributed by atoms with Gasteiger partial charge in [0.05, 0.1) is 5.69 Å². The van der Waals surface area contributed by atoms with Crippen LogP contribution in [-0.2, 0) is 4.79 Å². The molecule has 1 aromatic carbocycles. The molecule has 0 aliphatic heterocycles. The van der Waals surface area contributed by atoms with E-state index in [4.69, 9.17) is 5.73 Å². The van der Waals surface area contributed by atoms with Crippen LogP contribution in [0.1, 0.15) is 19.3 Å². The van der Waals surface area contributed by atoms with Crippen LogP contribution < -0.4 is 11.1 Å². The monoisotopic (exact) mass is 355 g/mol. The van der Waals surface area contributed by atoms with E-state index in [-0.39, 0.29) is 36.0 Å². The molecule has 2 aromatic rings. The smallest absolute Gasteiger partial charge is 0.229 e. The number of carbonyl (C=O) groups excluding carboxylic acids is 1. The Morgan fingerprint density at radius 3 is 3.00 bits per heavy atom. The largest absolute Gasteiger partial charge is 0.330 e. The molecule has 23 heavy (non-hydrogen) atoms. The van der Waals surface area contributed by atoms with Gasteiger partial charge in [-0.3, -0.25) is 4.79 Å². The number of anilines is 1. The summed E-state index contributed by atoms with van der Waals surface area (Å²) in [4.78, 5) is 16.7. The molecule has 7 heteroatoms. The highest BCUT2D eigenvalue weighted by Crippen LogP contribution is 2.32. The molecule has 4 nitrogen and oxygen atoms in total. The molecule has 0 unspecified atom stereocenters. The minimum absolute atomic E-state index is 0. The summed E-state index contributed by atoms with van der Waals surface area (Å²) >= 11 is 1.35. The second-order valence-corrected chi connectivity index (χ2v) is 6.43. The summed E-state index contributed by atoms with van der Waals surface area (Å²) in [7, 11) is 0. The van der Waals surface area contributed by atoms with Crippen LogP contribution in [0.15, 0.2) is 29.6 Å². The van der Waals surface area contributed by atoms with Crippen molar-refractivity contribution >= 4 is 34.8 Å². The molecule has 1 aliphatic rings. The lowest BCUT2D eigenvalue weighted by molar-refractivity contribution is -0.120. The number of carbonyl (C=O) groups is 1. The second kappa shape index (κ2) is 7.86. The zero-order chi connectivity index (χ0) is 15.5. The first-order valence-corrected chi connectivity index (χ1v) is 8.27. The molecule has 2 atom stereocenters. The molecule has 3 rings (SSSR count). The van der Waals surface area contributed by atoms with E-state index in [1.165, 1.54) is 23.5 Å². The number of rotatable bonds is 4.